The van der Waals surface area contributed by atoms with Crippen LogP contribution in [0.25, 0.3) is 11.3 Å². The largest absolute Gasteiger partial charge is 0.497 e. The van der Waals surface area contributed by atoms with Gasteiger partial charge in [-0.1, -0.05) is 12.1 Å². The maximum atomic E-state index is 13.0. The van der Waals surface area contributed by atoms with Crippen molar-refractivity contribution in [2.75, 3.05) is 47.5 Å². The zero-order valence-corrected chi connectivity index (χ0v) is 19.4. The van der Waals surface area contributed by atoms with Gasteiger partial charge < -0.3 is 19.1 Å². The molecule has 0 unspecified atom stereocenters. The Kier molecular flexibility index (Phi) is 6.92. The summed E-state index contributed by atoms with van der Waals surface area (Å²) in [6, 6.07) is 13.2. The van der Waals surface area contributed by atoms with E-state index in [1.807, 2.05) is 29.2 Å². The highest BCUT2D eigenvalue weighted by Crippen LogP contribution is 2.28. The van der Waals surface area contributed by atoms with Gasteiger partial charge in [0.05, 0.1) is 39.1 Å². The molecule has 0 spiro atoms. The average Bonchev–Trinajstić information content (AvgIpc) is 3.32. The smallest absolute Gasteiger partial charge is 0.257 e. The van der Waals surface area contributed by atoms with E-state index in [0.717, 1.165) is 41.6 Å². The Morgan fingerprint density at radius 2 is 1.72 bits per heavy atom. The quantitative estimate of drug-likeness (QED) is 0.542. The lowest BCUT2D eigenvalue weighted by Gasteiger charge is -2.34. The molecule has 1 fully saturated rings. The van der Waals surface area contributed by atoms with Gasteiger partial charge in [-0.25, -0.2) is 4.98 Å². The first-order chi connectivity index (χ1) is 15.6. The zero-order chi connectivity index (χ0) is 22.5. The first kappa shape index (κ1) is 22.1. The monoisotopic (exact) mass is 453 g/mol. The number of carbonyl (C=O) groups excluding carboxylic acids is 1. The Balaban J connectivity index is 1.35. The van der Waals surface area contributed by atoms with Crippen molar-refractivity contribution in [2.45, 2.75) is 6.54 Å². The number of piperazine rings is 1. The summed E-state index contributed by atoms with van der Waals surface area (Å²) in [5.41, 5.74) is 2.57. The summed E-state index contributed by atoms with van der Waals surface area (Å²) in [4.78, 5) is 22.0. The van der Waals surface area contributed by atoms with Gasteiger partial charge in [0.2, 0.25) is 0 Å². The topological polar surface area (TPSA) is 64.1 Å². The van der Waals surface area contributed by atoms with Gasteiger partial charge in [-0.3, -0.25) is 9.69 Å². The van der Waals surface area contributed by atoms with E-state index >= 15 is 0 Å². The van der Waals surface area contributed by atoms with Crippen LogP contribution in [0.2, 0.25) is 0 Å². The van der Waals surface area contributed by atoms with Gasteiger partial charge in [0.25, 0.3) is 5.91 Å². The van der Waals surface area contributed by atoms with Crippen molar-refractivity contribution in [2.24, 2.45) is 0 Å². The van der Waals surface area contributed by atoms with Crippen LogP contribution in [0.15, 0.2) is 47.8 Å². The summed E-state index contributed by atoms with van der Waals surface area (Å²) in [5, 5.41) is 3.15. The Labute approximate surface area is 192 Å². The van der Waals surface area contributed by atoms with E-state index < -0.39 is 0 Å². The van der Waals surface area contributed by atoms with Crippen LogP contribution in [-0.2, 0) is 6.54 Å². The van der Waals surface area contributed by atoms with Crippen molar-refractivity contribution < 1.29 is 19.0 Å². The summed E-state index contributed by atoms with van der Waals surface area (Å²) in [6.45, 7) is 3.73. The summed E-state index contributed by atoms with van der Waals surface area (Å²) < 4.78 is 15.9. The molecule has 168 valence electrons. The highest BCUT2D eigenvalue weighted by Gasteiger charge is 2.25. The number of carbonyl (C=O) groups is 1. The molecule has 1 saturated heterocycles. The molecular weight excluding hydrogens is 426 g/mol. The number of benzene rings is 2. The Hall–Kier alpha value is -3.10. The number of thiazole rings is 1. The Bertz CT molecular complexity index is 1080. The van der Waals surface area contributed by atoms with Gasteiger partial charge in [-0.05, 0) is 24.3 Å². The predicted octanol–water partition coefficient (Wildman–Crippen LogP) is 3.79. The van der Waals surface area contributed by atoms with Crippen molar-refractivity contribution in [3.63, 3.8) is 0 Å². The molecule has 0 radical (unpaired) electrons. The van der Waals surface area contributed by atoms with Crippen LogP contribution in [0.5, 0.6) is 17.2 Å². The minimum Gasteiger partial charge on any atom is -0.497 e. The third-order valence-electron chi connectivity index (χ3n) is 5.57. The molecule has 8 heteroatoms. The fraction of sp³-hybridized carbons (Fsp3) is 0.333. The van der Waals surface area contributed by atoms with Crippen LogP contribution in [0.4, 0.5) is 0 Å². The van der Waals surface area contributed by atoms with E-state index in [-0.39, 0.29) is 5.91 Å². The summed E-state index contributed by atoms with van der Waals surface area (Å²) in [7, 11) is 4.83. The Morgan fingerprint density at radius 3 is 2.44 bits per heavy atom. The number of amides is 1. The molecule has 1 aliphatic heterocycles. The van der Waals surface area contributed by atoms with Gasteiger partial charge in [0, 0.05) is 43.2 Å². The fourth-order valence-electron chi connectivity index (χ4n) is 3.74. The van der Waals surface area contributed by atoms with E-state index in [9.17, 15) is 4.79 Å². The highest BCUT2D eigenvalue weighted by atomic mass is 32.1. The first-order valence-electron chi connectivity index (χ1n) is 10.4. The van der Waals surface area contributed by atoms with E-state index in [0.29, 0.717) is 30.2 Å². The van der Waals surface area contributed by atoms with Gasteiger partial charge in [0.1, 0.15) is 22.3 Å². The average molecular weight is 454 g/mol. The van der Waals surface area contributed by atoms with E-state index in [4.69, 9.17) is 19.2 Å². The summed E-state index contributed by atoms with van der Waals surface area (Å²) in [6.07, 6.45) is 0. The normalized spacial score (nSPS) is 14.3. The van der Waals surface area contributed by atoms with Crippen LogP contribution in [0, 0.1) is 0 Å². The van der Waals surface area contributed by atoms with Crippen LogP contribution < -0.4 is 14.2 Å². The van der Waals surface area contributed by atoms with Crippen molar-refractivity contribution in [1.29, 1.82) is 0 Å². The van der Waals surface area contributed by atoms with Crippen molar-refractivity contribution in [3.05, 3.63) is 58.4 Å². The molecule has 2 heterocycles. The van der Waals surface area contributed by atoms with Crippen molar-refractivity contribution in [3.8, 4) is 28.5 Å². The number of aromatic nitrogens is 1. The third kappa shape index (κ3) is 4.87. The first-order valence-corrected chi connectivity index (χ1v) is 11.3. The van der Waals surface area contributed by atoms with E-state index in [1.165, 1.54) is 0 Å². The van der Waals surface area contributed by atoms with Crippen LogP contribution in [0.1, 0.15) is 15.4 Å². The minimum atomic E-state index is -0.0151. The van der Waals surface area contributed by atoms with Gasteiger partial charge in [0.15, 0.2) is 0 Å². The van der Waals surface area contributed by atoms with Crippen LogP contribution in [0.3, 0.4) is 0 Å². The molecular formula is C24H27N3O4S. The number of hydrogen-bond donors (Lipinski definition) is 0. The molecule has 1 amide bonds. The van der Waals surface area contributed by atoms with Crippen molar-refractivity contribution >= 4 is 17.2 Å². The highest BCUT2D eigenvalue weighted by molar-refractivity contribution is 7.09. The van der Waals surface area contributed by atoms with E-state index in [1.54, 1.807) is 50.9 Å². The number of methoxy groups -OCH3 is 3. The molecule has 7 nitrogen and oxygen atoms in total. The SMILES string of the molecule is COc1cccc(-c2csc(CN3CCN(C(=O)c4ccc(OC)cc4OC)CC3)n2)c1. The molecule has 0 bridgehead atoms. The minimum absolute atomic E-state index is 0.0151. The van der Waals surface area contributed by atoms with Crippen LogP contribution in [-0.4, -0.2) is 68.2 Å². The molecule has 0 N–H and O–H groups in total. The zero-order valence-electron chi connectivity index (χ0n) is 18.5. The maximum Gasteiger partial charge on any atom is 0.257 e. The number of hydrogen-bond acceptors (Lipinski definition) is 7. The number of nitrogens with zero attached hydrogens (tertiary/aromatic N) is 3. The number of ether oxygens (including phenoxy) is 3. The summed E-state index contributed by atoms with van der Waals surface area (Å²) >= 11 is 1.66. The molecule has 3 aromatic rings. The lowest BCUT2D eigenvalue weighted by molar-refractivity contribution is 0.0625. The van der Waals surface area contributed by atoms with Crippen LogP contribution >= 0.6 is 11.3 Å². The second kappa shape index (κ2) is 10.0. The maximum absolute atomic E-state index is 13.0. The molecule has 0 atom stereocenters. The molecule has 1 aromatic heterocycles. The second-order valence-corrected chi connectivity index (χ2v) is 8.44. The second-order valence-electron chi connectivity index (χ2n) is 7.49. The third-order valence-corrected chi connectivity index (χ3v) is 6.41. The lowest BCUT2D eigenvalue weighted by Crippen LogP contribution is -2.48. The Morgan fingerprint density at radius 1 is 0.969 bits per heavy atom. The van der Waals surface area contributed by atoms with E-state index in [2.05, 4.69) is 10.3 Å². The molecule has 0 saturated carbocycles. The summed E-state index contributed by atoms with van der Waals surface area (Å²) in [5.74, 6) is 2.01. The number of rotatable bonds is 7. The molecule has 1 aliphatic rings. The molecule has 32 heavy (non-hydrogen) atoms. The lowest BCUT2D eigenvalue weighted by atomic mass is 10.1. The van der Waals surface area contributed by atoms with Crippen molar-refractivity contribution in [1.82, 2.24) is 14.8 Å². The predicted molar refractivity (Wildman–Crippen MR) is 125 cm³/mol. The fourth-order valence-corrected chi connectivity index (χ4v) is 4.59. The van der Waals surface area contributed by atoms with Gasteiger partial charge in [-0.15, -0.1) is 11.3 Å². The molecule has 2 aromatic carbocycles. The standard InChI is InChI=1S/C24H27N3O4S/c1-29-18-6-4-5-17(13-18)21-16-32-23(25-21)15-26-9-11-27(12-10-26)24(28)20-8-7-19(30-2)14-22(20)31-3/h4-8,13-14,16H,9-12,15H2,1-3H3. The molecule has 4 rings (SSSR count). The van der Waals surface area contributed by atoms with Gasteiger partial charge >= 0.3 is 0 Å². The van der Waals surface area contributed by atoms with Gasteiger partial charge in [-0.2, -0.15) is 0 Å². The molecule has 0 aliphatic carbocycles.